The van der Waals surface area contributed by atoms with E-state index in [4.69, 9.17) is 16.6 Å². The van der Waals surface area contributed by atoms with Crippen molar-refractivity contribution in [1.29, 1.82) is 0 Å². The number of nitrogens with one attached hydrogen (secondary N) is 7. The maximum atomic E-state index is 14.3. The molecule has 1 aromatic heterocycles. The molecule has 1 aromatic carbocycles. The van der Waals surface area contributed by atoms with Crippen LogP contribution in [0.1, 0.15) is 92.6 Å². The van der Waals surface area contributed by atoms with E-state index in [1.165, 1.54) is 6.92 Å². The predicted molar refractivity (Wildman–Crippen MR) is 230 cm³/mol. The molecule has 20 nitrogen and oxygen atoms in total. The molecule has 14 N–H and O–H groups in total. The first-order valence-corrected chi connectivity index (χ1v) is 21.0. The number of aromatic nitrogens is 1. The van der Waals surface area contributed by atoms with Crippen LogP contribution in [0.2, 0.25) is 0 Å². The highest BCUT2D eigenvalue weighted by atomic mass is 16.4. The summed E-state index contributed by atoms with van der Waals surface area (Å²) in [7, 11) is 0. The number of carboxylic acids is 2. The number of aliphatic carboxylic acids is 2. The fourth-order valence-corrected chi connectivity index (χ4v) is 6.69. The lowest BCUT2D eigenvalue weighted by Crippen LogP contribution is -2.61. The number of aliphatic hydroxyl groups is 1. The smallest absolute Gasteiger partial charge is 0.326 e. The minimum absolute atomic E-state index is 0.0439. The van der Waals surface area contributed by atoms with E-state index in [0.717, 1.165) is 10.9 Å². The van der Waals surface area contributed by atoms with Gasteiger partial charge in [0, 0.05) is 23.5 Å². The molecule has 0 saturated heterocycles. The number of benzene rings is 1. The summed E-state index contributed by atoms with van der Waals surface area (Å²) >= 11 is 0. The third kappa shape index (κ3) is 17.0. The molecule has 0 saturated carbocycles. The topological polar surface area (TPSA) is 337 Å². The zero-order chi connectivity index (χ0) is 46.8. The number of rotatable bonds is 27. The lowest BCUT2D eigenvalue weighted by Gasteiger charge is -2.29. The number of fused-ring (bicyclic) bond motifs is 1. The summed E-state index contributed by atoms with van der Waals surface area (Å²) in [6, 6.07) is -2.24. The van der Waals surface area contributed by atoms with E-state index in [2.05, 4.69) is 36.9 Å². The van der Waals surface area contributed by atoms with Crippen molar-refractivity contribution in [2.45, 2.75) is 142 Å². The van der Waals surface area contributed by atoms with Crippen molar-refractivity contribution in [2.75, 3.05) is 6.54 Å². The summed E-state index contributed by atoms with van der Waals surface area (Å²) in [5, 5.41) is 45.5. The normalized spacial score (nSPS) is 15.4. The molecular formula is C42H67N9O11. The third-order valence-corrected chi connectivity index (χ3v) is 10.0. The number of carboxylic acid groups (broad SMARTS) is 2. The molecule has 346 valence electrons. The number of hydrogen-bond acceptors (Lipinski definition) is 11. The molecule has 62 heavy (non-hydrogen) atoms. The largest absolute Gasteiger partial charge is 0.481 e. The van der Waals surface area contributed by atoms with Gasteiger partial charge in [-0.15, -0.1) is 0 Å². The Kier molecular flexibility index (Phi) is 21.5. The molecule has 0 aliphatic rings. The van der Waals surface area contributed by atoms with E-state index < -0.39 is 108 Å². The Morgan fingerprint density at radius 3 is 1.73 bits per heavy atom. The fraction of sp³-hybridized carbons (Fsp3) is 0.619. The number of aromatic amines is 1. The maximum Gasteiger partial charge on any atom is 0.326 e. The van der Waals surface area contributed by atoms with Gasteiger partial charge in [-0.25, -0.2) is 4.79 Å². The maximum absolute atomic E-state index is 14.3. The second kappa shape index (κ2) is 25.4. The number of unbranched alkanes of at least 4 members (excludes halogenated alkanes) is 1. The van der Waals surface area contributed by atoms with E-state index in [1.807, 2.05) is 33.8 Å². The summed E-state index contributed by atoms with van der Waals surface area (Å²) in [6.07, 6.45) is 0.446. The van der Waals surface area contributed by atoms with Crippen molar-refractivity contribution >= 4 is 58.3 Å². The van der Waals surface area contributed by atoms with Gasteiger partial charge in [-0.05, 0) is 75.0 Å². The summed E-state index contributed by atoms with van der Waals surface area (Å²) in [5.41, 5.74) is 12.8. The van der Waals surface area contributed by atoms with Gasteiger partial charge >= 0.3 is 11.9 Å². The Balaban J connectivity index is 2.46. The van der Waals surface area contributed by atoms with Crippen molar-refractivity contribution in [1.82, 2.24) is 36.9 Å². The van der Waals surface area contributed by atoms with E-state index in [-0.39, 0.29) is 44.1 Å². The third-order valence-electron chi connectivity index (χ3n) is 10.0. The highest BCUT2D eigenvalue weighted by Crippen LogP contribution is 2.20. The first-order chi connectivity index (χ1) is 29.0. The van der Waals surface area contributed by atoms with Crippen LogP contribution in [0, 0.1) is 17.8 Å². The Bertz CT molecular complexity index is 1850. The molecule has 0 unspecified atom stereocenters. The van der Waals surface area contributed by atoms with Gasteiger partial charge in [0.05, 0.1) is 18.6 Å². The average Bonchev–Trinajstić information content (AvgIpc) is 3.58. The van der Waals surface area contributed by atoms with Crippen molar-refractivity contribution < 1.29 is 53.7 Å². The van der Waals surface area contributed by atoms with Gasteiger partial charge in [0.25, 0.3) is 0 Å². The van der Waals surface area contributed by atoms with Gasteiger partial charge in [-0.1, -0.05) is 59.7 Å². The summed E-state index contributed by atoms with van der Waals surface area (Å²) in [4.78, 5) is 108. The minimum atomic E-state index is -1.67. The molecular weight excluding hydrogens is 807 g/mol. The molecule has 1 heterocycles. The quantitative estimate of drug-likeness (QED) is 0.0517. The minimum Gasteiger partial charge on any atom is -0.481 e. The van der Waals surface area contributed by atoms with Crippen LogP contribution in [0.4, 0.5) is 0 Å². The van der Waals surface area contributed by atoms with Gasteiger partial charge in [-0.2, -0.15) is 0 Å². The van der Waals surface area contributed by atoms with Gasteiger partial charge in [0.1, 0.15) is 36.3 Å². The highest BCUT2D eigenvalue weighted by Gasteiger charge is 2.36. The molecule has 0 radical (unpaired) electrons. The lowest BCUT2D eigenvalue weighted by atomic mass is 9.98. The number of aliphatic hydroxyl groups excluding tert-OH is 1. The Morgan fingerprint density at radius 1 is 0.645 bits per heavy atom. The zero-order valence-corrected chi connectivity index (χ0v) is 36.7. The molecule has 2 aromatic rings. The van der Waals surface area contributed by atoms with Gasteiger partial charge in [0.15, 0.2) is 0 Å². The van der Waals surface area contributed by atoms with Crippen LogP contribution in [0.15, 0.2) is 30.5 Å². The first kappa shape index (κ1) is 52.5. The van der Waals surface area contributed by atoms with Crippen LogP contribution in [-0.2, 0) is 44.8 Å². The number of para-hydroxylation sites is 1. The second-order valence-electron chi connectivity index (χ2n) is 16.9. The monoisotopic (exact) mass is 873 g/mol. The van der Waals surface area contributed by atoms with Crippen LogP contribution in [0.3, 0.4) is 0 Å². The number of hydrogen-bond donors (Lipinski definition) is 12. The van der Waals surface area contributed by atoms with E-state index in [1.54, 1.807) is 38.2 Å². The zero-order valence-electron chi connectivity index (χ0n) is 36.7. The van der Waals surface area contributed by atoms with Gasteiger partial charge < -0.3 is 63.7 Å². The van der Waals surface area contributed by atoms with E-state index in [9.17, 15) is 48.6 Å². The van der Waals surface area contributed by atoms with E-state index in [0.29, 0.717) is 18.4 Å². The molecule has 0 aliphatic heterocycles. The molecule has 20 heteroatoms. The van der Waals surface area contributed by atoms with Crippen LogP contribution in [0.25, 0.3) is 10.9 Å². The highest BCUT2D eigenvalue weighted by molar-refractivity contribution is 5.98. The first-order valence-electron chi connectivity index (χ1n) is 21.0. The predicted octanol–water partition coefficient (Wildman–Crippen LogP) is -0.236. The van der Waals surface area contributed by atoms with Crippen LogP contribution >= 0.6 is 0 Å². The molecule has 0 fully saturated rings. The van der Waals surface area contributed by atoms with Gasteiger partial charge in [0.2, 0.25) is 35.4 Å². The van der Waals surface area contributed by atoms with E-state index >= 15 is 0 Å². The number of nitrogens with two attached hydrogens (primary N) is 2. The molecule has 2 rings (SSSR count). The molecule has 0 aliphatic carbocycles. The molecule has 0 bridgehead atoms. The lowest BCUT2D eigenvalue weighted by molar-refractivity contribution is -0.143. The Hall–Kier alpha value is -5.60. The number of amides is 6. The van der Waals surface area contributed by atoms with Crippen LogP contribution in [-0.4, -0.2) is 123 Å². The summed E-state index contributed by atoms with van der Waals surface area (Å²) in [5.74, 6) is -8.25. The molecule has 0 spiro atoms. The number of carbonyl (C=O) groups is 8. The SMILES string of the molecule is CC(C)C[C@H](NC(=O)[C@@H](NC(=O)[C@H](CC(C)C)NC(=O)[C@H](CCCCN)NC(=O)[C@H](Cc1c[nH]c2ccccc12)NC(=O)[C@@H](NC(=O)[C@@H](N)CC(=O)O)[C@@H](C)O)C(C)C)C(=O)O. The Morgan fingerprint density at radius 2 is 1.16 bits per heavy atom. The summed E-state index contributed by atoms with van der Waals surface area (Å²) < 4.78 is 0. The molecule has 6 amide bonds. The van der Waals surface area contributed by atoms with Crippen LogP contribution in [0.5, 0.6) is 0 Å². The summed E-state index contributed by atoms with van der Waals surface area (Å²) in [6.45, 7) is 12.1. The van der Waals surface area contributed by atoms with Crippen molar-refractivity contribution in [3.05, 3.63) is 36.0 Å². The van der Waals surface area contributed by atoms with Crippen LogP contribution < -0.4 is 43.4 Å². The number of H-pyrrole nitrogens is 1. The fourth-order valence-electron chi connectivity index (χ4n) is 6.69. The average molecular weight is 874 g/mol. The molecule has 8 atom stereocenters. The number of carbonyl (C=O) groups excluding carboxylic acids is 6. The van der Waals surface area contributed by atoms with Crippen molar-refractivity contribution in [3.63, 3.8) is 0 Å². The van der Waals surface area contributed by atoms with Gasteiger partial charge in [-0.3, -0.25) is 33.6 Å². The van der Waals surface area contributed by atoms with Crippen molar-refractivity contribution in [3.8, 4) is 0 Å². The Labute approximate surface area is 361 Å². The second-order valence-corrected chi connectivity index (χ2v) is 16.9. The standard InChI is InChI=1S/C42H67N9O11/c1-21(2)16-30(39(58)50-34(23(5)6)40(59)49-32(42(61)62)17-22(3)4)47-37(56)29(14-10-11-15-43)46-38(57)31(18-25-20-45-28-13-9-8-12-26(25)28)48-41(60)35(24(7)52)51-36(55)27(44)19-33(53)54/h8-9,12-13,20-24,27,29-32,34-35,45,52H,10-11,14-19,43-44H2,1-7H3,(H,46,57)(H,47,56)(H,48,60)(H,49,59)(H,50,58)(H,51,55)(H,53,54)(H,61,62)/t24-,27+,29+,30+,31+,32+,34+,35+/m1/s1. The van der Waals surface area contributed by atoms with Crippen molar-refractivity contribution in [2.24, 2.45) is 29.2 Å².